The molecule has 0 unspecified atom stereocenters. The van der Waals surface area contributed by atoms with E-state index < -0.39 is 9.84 Å². The van der Waals surface area contributed by atoms with Gasteiger partial charge in [-0.2, -0.15) is 0 Å². The van der Waals surface area contributed by atoms with Crippen molar-refractivity contribution >= 4 is 31.5 Å². The fraction of sp³-hybridized carbons (Fsp3) is 0.154. The number of anilines is 1. The lowest BCUT2D eigenvalue weighted by atomic mass is 10.3. The third-order valence-electron chi connectivity index (χ3n) is 2.64. The van der Waals surface area contributed by atoms with Gasteiger partial charge in [0.2, 0.25) is 5.88 Å². The van der Waals surface area contributed by atoms with Crippen molar-refractivity contribution in [3.63, 3.8) is 0 Å². The molecule has 0 atom stereocenters. The van der Waals surface area contributed by atoms with Gasteiger partial charge in [0.05, 0.1) is 29.1 Å². The molecule has 7 heteroatoms. The van der Waals surface area contributed by atoms with E-state index in [0.29, 0.717) is 16.0 Å². The largest absolute Gasteiger partial charge is 0.481 e. The number of ether oxygens (including phenoxy) is 1. The third-order valence-corrected chi connectivity index (χ3v) is 4.83. The Balaban J connectivity index is 2.38. The van der Waals surface area contributed by atoms with Crippen molar-refractivity contribution in [2.75, 3.05) is 12.8 Å². The van der Waals surface area contributed by atoms with E-state index in [1.54, 1.807) is 30.3 Å². The van der Waals surface area contributed by atoms with Gasteiger partial charge < -0.3 is 10.5 Å². The van der Waals surface area contributed by atoms with E-state index in [1.165, 1.54) is 13.2 Å². The minimum absolute atomic E-state index is 0.0940. The van der Waals surface area contributed by atoms with Gasteiger partial charge in [0.15, 0.2) is 9.84 Å². The first-order chi connectivity index (χ1) is 9.42. The van der Waals surface area contributed by atoms with Gasteiger partial charge in [-0.1, -0.05) is 22.0 Å². The molecule has 1 aromatic carbocycles. The average Bonchev–Trinajstić information content (AvgIpc) is 2.41. The molecule has 2 N–H and O–H groups in total. The highest BCUT2D eigenvalue weighted by atomic mass is 79.9. The summed E-state index contributed by atoms with van der Waals surface area (Å²) < 4.78 is 30.4. The van der Waals surface area contributed by atoms with Crippen LogP contribution in [0.15, 0.2) is 45.8 Å². The van der Waals surface area contributed by atoms with E-state index in [0.717, 1.165) is 0 Å². The number of nitrogen functional groups attached to an aromatic ring is 1. The second-order valence-electron chi connectivity index (χ2n) is 4.11. The highest BCUT2D eigenvalue weighted by molar-refractivity contribution is 9.10. The number of methoxy groups -OCH3 is 1. The number of nitrogens with zero attached hydrogens (tertiary/aromatic N) is 1. The molecule has 1 heterocycles. The molecule has 20 heavy (non-hydrogen) atoms. The van der Waals surface area contributed by atoms with Crippen molar-refractivity contribution in [3.05, 3.63) is 46.6 Å². The first-order valence-corrected chi connectivity index (χ1v) is 8.14. The first kappa shape index (κ1) is 14.8. The highest BCUT2D eigenvalue weighted by Crippen LogP contribution is 2.26. The van der Waals surface area contributed by atoms with Crippen LogP contribution in [-0.2, 0) is 15.6 Å². The van der Waals surface area contributed by atoms with Crippen LogP contribution in [0, 0.1) is 0 Å². The molecule has 0 aliphatic rings. The van der Waals surface area contributed by atoms with Crippen LogP contribution in [-0.4, -0.2) is 20.5 Å². The molecule has 5 nitrogen and oxygen atoms in total. The summed E-state index contributed by atoms with van der Waals surface area (Å²) in [5, 5.41) is 0. The summed E-state index contributed by atoms with van der Waals surface area (Å²) >= 11 is 3.24. The lowest BCUT2D eigenvalue weighted by Gasteiger charge is -2.08. The molecule has 0 saturated carbocycles. The molecule has 2 rings (SSSR count). The number of sulfone groups is 1. The maximum atomic E-state index is 12.4. The van der Waals surface area contributed by atoms with Crippen LogP contribution in [0.25, 0.3) is 0 Å². The molecule has 0 aliphatic heterocycles. The average molecular weight is 357 g/mol. The summed E-state index contributed by atoms with van der Waals surface area (Å²) in [5.74, 6) is 0.144. The zero-order valence-electron chi connectivity index (χ0n) is 10.7. The van der Waals surface area contributed by atoms with Crippen molar-refractivity contribution in [1.29, 1.82) is 0 Å². The number of nitrogens with two attached hydrogens (primary N) is 1. The second kappa shape index (κ2) is 5.80. The number of rotatable bonds is 4. The van der Waals surface area contributed by atoms with Gasteiger partial charge in [-0.25, -0.2) is 13.4 Å². The second-order valence-corrected chi connectivity index (χ2v) is 6.99. The summed E-state index contributed by atoms with van der Waals surface area (Å²) in [6, 6.07) is 9.72. The van der Waals surface area contributed by atoms with E-state index in [-0.39, 0.29) is 16.3 Å². The number of aromatic nitrogens is 1. The Bertz CT molecular complexity index is 732. The minimum Gasteiger partial charge on any atom is -0.481 e. The summed E-state index contributed by atoms with van der Waals surface area (Å²) in [6.07, 6.45) is 0. The maximum absolute atomic E-state index is 12.4. The number of hydrogen-bond donors (Lipinski definition) is 1. The van der Waals surface area contributed by atoms with Crippen molar-refractivity contribution in [2.24, 2.45) is 0 Å². The normalized spacial score (nSPS) is 11.3. The van der Waals surface area contributed by atoms with Gasteiger partial charge >= 0.3 is 0 Å². The lowest BCUT2D eigenvalue weighted by molar-refractivity contribution is 0.396. The summed E-state index contributed by atoms with van der Waals surface area (Å²) in [6.45, 7) is 0. The molecule has 0 radical (unpaired) electrons. The van der Waals surface area contributed by atoms with Crippen molar-refractivity contribution in [3.8, 4) is 5.88 Å². The Morgan fingerprint density at radius 3 is 2.75 bits per heavy atom. The van der Waals surface area contributed by atoms with Gasteiger partial charge in [0, 0.05) is 10.5 Å². The van der Waals surface area contributed by atoms with E-state index in [1.807, 2.05) is 0 Å². The van der Waals surface area contributed by atoms with Gasteiger partial charge in [0.1, 0.15) is 0 Å². The molecular weight excluding hydrogens is 344 g/mol. The quantitative estimate of drug-likeness (QED) is 0.850. The molecule has 0 spiro atoms. The molecule has 0 amide bonds. The standard InChI is InChI=1S/C13H13BrN2O3S/c1-19-13-4-2-3-10(16-13)8-20(17,18)12-7-9(14)5-6-11(12)15/h2-7H,8,15H2,1H3. The highest BCUT2D eigenvalue weighted by Gasteiger charge is 2.19. The van der Waals surface area contributed by atoms with Crippen molar-refractivity contribution in [2.45, 2.75) is 10.6 Å². The number of hydrogen-bond acceptors (Lipinski definition) is 5. The minimum atomic E-state index is -3.56. The molecule has 0 aliphatic carbocycles. The SMILES string of the molecule is COc1cccc(CS(=O)(=O)c2cc(Br)ccc2N)n1. The zero-order valence-corrected chi connectivity index (χ0v) is 13.1. The first-order valence-electron chi connectivity index (χ1n) is 5.70. The predicted octanol–water partition coefficient (Wildman–Crippen LogP) is 2.41. The summed E-state index contributed by atoms with van der Waals surface area (Å²) in [4.78, 5) is 4.19. The molecule has 1 aromatic heterocycles. The van der Waals surface area contributed by atoms with Crippen LogP contribution >= 0.6 is 15.9 Å². The molecule has 0 fully saturated rings. The van der Waals surface area contributed by atoms with Gasteiger partial charge in [0.25, 0.3) is 0 Å². The molecule has 0 bridgehead atoms. The zero-order chi connectivity index (χ0) is 14.8. The number of benzene rings is 1. The number of halogens is 1. The smallest absolute Gasteiger partial charge is 0.213 e. The van der Waals surface area contributed by atoms with Crippen molar-refractivity contribution in [1.82, 2.24) is 4.98 Å². The number of pyridine rings is 1. The van der Waals surface area contributed by atoms with Crippen molar-refractivity contribution < 1.29 is 13.2 Å². The molecular formula is C13H13BrN2O3S. The topological polar surface area (TPSA) is 82.3 Å². The Morgan fingerprint density at radius 2 is 2.05 bits per heavy atom. The van der Waals surface area contributed by atoms with E-state index in [2.05, 4.69) is 20.9 Å². The van der Waals surface area contributed by atoms with Crippen LogP contribution in [0.1, 0.15) is 5.69 Å². The lowest BCUT2D eigenvalue weighted by Crippen LogP contribution is -2.09. The predicted molar refractivity (Wildman–Crippen MR) is 80.2 cm³/mol. The van der Waals surface area contributed by atoms with E-state index >= 15 is 0 Å². The van der Waals surface area contributed by atoms with Crippen LogP contribution in [0.4, 0.5) is 5.69 Å². The van der Waals surface area contributed by atoms with Crippen LogP contribution in [0.2, 0.25) is 0 Å². The fourth-order valence-electron chi connectivity index (χ4n) is 1.70. The van der Waals surface area contributed by atoms with Crippen LogP contribution in [0.5, 0.6) is 5.88 Å². The van der Waals surface area contributed by atoms with Gasteiger partial charge in [-0.05, 0) is 24.3 Å². The Hall–Kier alpha value is -1.60. The molecule has 2 aromatic rings. The Labute approximate surface area is 125 Å². The van der Waals surface area contributed by atoms with Crippen LogP contribution in [0.3, 0.4) is 0 Å². The van der Waals surface area contributed by atoms with Gasteiger partial charge in [-0.3, -0.25) is 0 Å². The third kappa shape index (κ3) is 3.29. The maximum Gasteiger partial charge on any atom is 0.213 e. The molecule has 106 valence electrons. The Morgan fingerprint density at radius 1 is 1.30 bits per heavy atom. The van der Waals surface area contributed by atoms with Crippen LogP contribution < -0.4 is 10.5 Å². The monoisotopic (exact) mass is 356 g/mol. The molecule has 0 saturated heterocycles. The Kier molecular flexibility index (Phi) is 4.29. The summed E-state index contributed by atoms with van der Waals surface area (Å²) in [7, 11) is -2.09. The van der Waals surface area contributed by atoms with E-state index in [9.17, 15) is 8.42 Å². The van der Waals surface area contributed by atoms with E-state index in [4.69, 9.17) is 10.5 Å². The fourth-order valence-corrected chi connectivity index (χ4v) is 3.65. The van der Waals surface area contributed by atoms with Gasteiger partial charge in [-0.15, -0.1) is 0 Å². The summed E-state index contributed by atoms with van der Waals surface area (Å²) in [5.41, 5.74) is 6.37.